The average molecular weight is 448 g/mol. The molecule has 0 unspecified atom stereocenters. The van der Waals surface area contributed by atoms with Gasteiger partial charge in [-0.1, -0.05) is 78.7 Å². The Morgan fingerprint density at radius 3 is 2.55 bits per heavy atom. The normalized spacial score (nSPS) is 11.2. The zero-order chi connectivity index (χ0) is 21.8. The minimum atomic E-state index is 0.590. The predicted octanol–water partition coefficient (Wildman–Crippen LogP) is 9.27. The Kier molecular flexibility index (Phi) is 6.85. The first-order valence-electron chi connectivity index (χ1n) is 10.8. The van der Waals surface area contributed by atoms with Gasteiger partial charge in [0.25, 0.3) is 0 Å². The fourth-order valence-corrected chi connectivity index (χ4v) is 4.49. The Balaban J connectivity index is 1.31. The molecule has 0 amide bonds. The van der Waals surface area contributed by atoms with E-state index in [-0.39, 0.29) is 0 Å². The molecule has 3 aromatic carbocycles. The van der Waals surface area contributed by atoms with Crippen LogP contribution in [0.5, 0.6) is 0 Å². The smallest absolute Gasteiger partial charge is 0.0613 e. The van der Waals surface area contributed by atoms with Gasteiger partial charge in [0.05, 0.1) is 10.0 Å². The van der Waals surface area contributed by atoms with E-state index in [9.17, 15) is 0 Å². The summed E-state index contributed by atoms with van der Waals surface area (Å²) in [4.78, 5) is 3.30. The van der Waals surface area contributed by atoms with Crippen LogP contribution < -0.4 is 0 Å². The molecule has 0 aliphatic carbocycles. The molecule has 1 N–H and O–H groups in total. The molecule has 0 spiro atoms. The highest BCUT2D eigenvalue weighted by Gasteiger charge is 2.08. The summed E-state index contributed by atoms with van der Waals surface area (Å²) in [6.07, 6.45) is 7.59. The lowest BCUT2D eigenvalue weighted by atomic mass is 9.95. The Bertz CT molecular complexity index is 1220. The zero-order valence-electron chi connectivity index (χ0n) is 17.8. The molecule has 3 heteroatoms. The van der Waals surface area contributed by atoms with Crippen LogP contribution in [-0.2, 0) is 6.42 Å². The summed E-state index contributed by atoms with van der Waals surface area (Å²) in [6.45, 7) is 6.52. The van der Waals surface area contributed by atoms with E-state index in [0.717, 1.165) is 31.2 Å². The molecular weight excluding hydrogens is 421 g/mol. The van der Waals surface area contributed by atoms with Gasteiger partial charge in [-0.3, -0.25) is 0 Å². The number of aromatic nitrogens is 1. The van der Waals surface area contributed by atoms with Crippen molar-refractivity contribution < 1.29 is 0 Å². The van der Waals surface area contributed by atoms with Gasteiger partial charge in [0.1, 0.15) is 0 Å². The SMILES string of the molecule is C=C(CCCCCc1c[nH]c2cc(Cl)c(Cl)cc12)c1cccc(-c2ccccc2C)c1. The summed E-state index contributed by atoms with van der Waals surface area (Å²) >= 11 is 12.3. The fourth-order valence-electron chi connectivity index (χ4n) is 4.16. The molecule has 0 saturated heterocycles. The first-order valence-corrected chi connectivity index (χ1v) is 11.6. The van der Waals surface area contributed by atoms with E-state index in [4.69, 9.17) is 23.2 Å². The molecule has 1 heterocycles. The molecule has 0 aliphatic rings. The molecule has 0 saturated carbocycles. The summed E-state index contributed by atoms with van der Waals surface area (Å²) in [7, 11) is 0. The van der Waals surface area contributed by atoms with Crippen LogP contribution in [0.4, 0.5) is 0 Å². The second kappa shape index (κ2) is 9.77. The van der Waals surface area contributed by atoms with Crippen LogP contribution in [0, 0.1) is 6.92 Å². The number of allylic oxidation sites excluding steroid dienone is 1. The molecular formula is C28H27Cl2N. The summed E-state index contributed by atoms with van der Waals surface area (Å²) in [5, 5.41) is 2.37. The molecule has 31 heavy (non-hydrogen) atoms. The molecule has 4 rings (SSSR count). The van der Waals surface area contributed by atoms with Gasteiger partial charge in [-0.15, -0.1) is 0 Å². The average Bonchev–Trinajstić information content (AvgIpc) is 3.15. The highest BCUT2D eigenvalue weighted by molar-refractivity contribution is 6.42. The Morgan fingerprint density at radius 1 is 0.903 bits per heavy atom. The highest BCUT2D eigenvalue weighted by Crippen LogP contribution is 2.31. The summed E-state index contributed by atoms with van der Waals surface area (Å²) in [6, 6.07) is 21.1. The van der Waals surface area contributed by atoms with Crippen molar-refractivity contribution in [1.29, 1.82) is 0 Å². The number of nitrogens with one attached hydrogen (secondary N) is 1. The van der Waals surface area contributed by atoms with Crippen molar-refractivity contribution in [3.8, 4) is 11.1 Å². The largest absolute Gasteiger partial charge is 0.361 e. The van der Waals surface area contributed by atoms with Crippen molar-refractivity contribution in [2.45, 2.75) is 39.0 Å². The first kappa shape index (κ1) is 21.7. The number of H-pyrrole nitrogens is 1. The molecule has 158 valence electrons. The van der Waals surface area contributed by atoms with Gasteiger partial charge in [0, 0.05) is 17.1 Å². The van der Waals surface area contributed by atoms with Gasteiger partial charge in [0.2, 0.25) is 0 Å². The molecule has 0 aliphatic heterocycles. The second-order valence-electron chi connectivity index (χ2n) is 8.19. The summed E-state index contributed by atoms with van der Waals surface area (Å²) < 4.78 is 0. The summed E-state index contributed by atoms with van der Waals surface area (Å²) in [5.41, 5.74) is 8.65. The maximum absolute atomic E-state index is 6.20. The van der Waals surface area contributed by atoms with Crippen LogP contribution in [0.15, 0.2) is 73.4 Å². The predicted molar refractivity (Wildman–Crippen MR) is 136 cm³/mol. The van der Waals surface area contributed by atoms with E-state index in [0.29, 0.717) is 10.0 Å². The lowest BCUT2D eigenvalue weighted by molar-refractivity contribution is 0.693. The van der Waals surface area contributed by atoms with Crippen molar-refractivity contribution >= 4 is 39.7 Å². The van der Waals surface area contributed by atoms with Gasteiger partial charge in [-0.25, -0.2) is 0 Å². The second-order valence-corrected chi connectivity index (χ2v) is 9.00. The van der Waals surface area contributed by atoms with Crippen molar-refractivity contribution in [1.82, 2.24) is 4.98 Å². The number of hydrogen-bond donors (Lipinski definition) is 1. The number of aryl methyl sites for hydroxylation is 2. The molecule has 0 fully saturated rings. The third kappa shape index (κ3) is 5.06. The number of fused-ring (bicyclic) bond motifs is 1. The first-order chi connectivity index (χ1) is 15.0. The molecule has 4 aromatic rings. The Hall–Kier alpha value is -2.48. The van der Waals surface area contributed by atoms with E-state index in [1.807, 2.05) is 12.1 Å². The van der Waals surface area contributed by atoms with E-state index in [1.54, 1.807) is 0 Å². The van der Waals surface area contributed by atoms with Crippen LogP contribution in [0.2, 0.25) is 10.0 Å². The van der Waals surface area contributed by atoms with E-state index in [1.165, 1.54) is 45.2 Å². The molecule has 0 radical (unpaired) electrons. The Morgan fingerprint density at radius 2 is 1.71 bits per heavy atom. The van der Waals surface area contributed by atoms with Crippen molar-refractivity contribution in [2.75, 3.05) is 0 Å². The highest BCUT2D eigenvalue weighted by atomic mass is 35.5. The van der Waals surface area contributed by atoms with E-state index < -0.39 is 0 Å². The van der Waals surface area contributed by atoms with Crippen LogP contribution in [0.3, 0.4) is 0 Å². The molecule has 1 aromatic heterocycles. The van der Waals surface area contributed by atoms with Crippen LogP contribution >= 0.6 is 23.2 Å². The zero-order valence-corrected chi connectivity index (χ0v) is 19.4. The van der Waals surface area contributed by atoms with Crippen molar-refractivity contribution in [2.24, 2.45) is 0 Å². The molecule has 0 bridgehead atoms. The lowest BCUT2D eigenvalue weighted by Gasteiger charge is -2.10. The monoisotopic (exact) mass is 447 g/mol. The lowest BCUT2D eigenvalue weighted by Crippen LogP contribution is -1.89. The summed E-state index contributed by atoms with van der Waals surface area (Å²) in [5.74, 6) is 0. The van der Waals surface area contributed by atoms with Gasteiger partial charge in [0.15, 0.2) is 0 Å². The third-order valence-corrected chi connectivity index (χ3v) is 6.68. The number of aromatic amines is 1. The quantitative estimate of drug-likeness (QED) is 0.259. The minimum Gasteiger partial charge on any atom is -0.361 e. The molecule has 0 atom stereocenters. The molecule has 1 nitrogen and oxygen atoms in total. The number of unbranched alkanes of at least 4 members (excludes halogenated alkanes) is 2. The van der Waals surface area contributed by atoms with Crippen LogP contribution in [0.1, 0.15) is 42.4 Å². The van der Waals surface area contributed by atoms with Crippen molar-refractivity contribution in [3.05, 3.63) is 100 Å². The third-order valence-electron chi connectivity index (χ3n) is 5.96. The topological polar surface area (TPSA) is 15.8 Å². The maximum atomic E-state index is 6.20. The number of rotatable bonds is 8. The maximum Gasteiger partial charge on any atom is 0.0613 e. The van der Waals surface area contributed by atoms with E-state index in [2.05, 4.69) is 73.2 Å². The Labute approximate surface area is 194 Å². The van der Waals surface area contributed by atoms with Gasteiger partial charge in [-0.2, -0.15) is 0 Å². The number of benzene rings is 3. The minimum absolute atomic E-state index is 0.590. The van der Waals surface area contributed by atoms with Gasteiger partial charge in [-0.05, 0) is 84.2 Å². The van der Waals surface area contributed by atoms with Crippen LogP contribution in [0.25, 0.3) is 27.6 Å². The van der Waals surface area contributed by atoms with Crippen LogP contribution in [-0.4, -0.2) is 4.98 Å². The fraction of sp³-hybridized carbons (Fsp3) is 0.214. The number of halogens is 2. The van der Waals surface area contributed by atoms with Gasteiger partial charge >= 0.3 is 0 Å². The van der Waals surface area contributed by atoms with Gasteiger partial charge < -0.3 is 4.98 Å². The standard InChI is InChI=1S/C28H27Cl2N/c1-19(21-12-8-13-22(15-21)24-14-7-6-10-20(24)2)9-4-3-5-11-23-18-31-28-17-27(30)26(29)16-25(23)28/h6-8,10,12-18,31H,1,3-5,9,11H2,2H3. The van der Waals surface area contributed by atoms with E-state index >= 15 is 0 Å². The van der Waals surface area contributed by atoms with Crippen molar-refractivity contribution in [3.63, 3.8) is 0 Å². The number of hydrogen-bond acceptors (Lipinski definition) is 0.